The molecule has 0 radical (unpaired) electrons. The van der Waals surface area contributed by atoms with Crippen molar-refractivity contribution >= 4 is 23.4 Å². The molecule has 0 bridgehead atoms. The van der Waals surface area contributed by atoms with E-state index in [-0.39, 0.29) is 11.9 Å². The van der Waals surface area contributed by atoms with Gasteiger partial charge in [0, 0.05) is 26.2 Å². The van der Waals surface area contributed by atoms with E-state index in [1.165, 1.54) is 32.1 Å². The summed E-state index contributed by atoms with van der Waals surface area (Å²) < 4.78 is 0. The number of carbonyl (C=O) groups excluding carboxylic acids is 1. The summed E-state index contributed by atoms with van der Waals surface area (Å²) in [4.78, 5) is 28.9. The van der Waals surface area contributed by atoms with Crippen molar-refractivity contribution in [1.29, 1.82) is 0 Å². The van der Waals surface area contributed by atoms with E-state index in [2.05, 4.69) is 21.7 Å². The van der Waals surface area contributed by atoms with Gasteiger partial charge in [-0.05, 0) is 38.5 Å². The maximum absolute atomic E-state index is 12.9. The van der Waals surface area contributed by atoms with E-state index in [1.807, 2.05) is 13.2 Å². The zero-order valence-corrected chi connectivity index (χ0v) is 15.4. The Morgan fingerprint density at radius 2 is 1.84 bits per heavy atom. The second-order valence-corrected chi connectivity index (χ2v) is 7.59. The van der Waals surface area contributed by atoms with Gasteiger partial charge in [-0.2, -0.15) is 4.98 Å². The fraction of sp³-hybridized carbons (Fsp3) is 0.737. The maximum Gasteiger partial charge on any atom is 0.249 e. The highest BCUT2D eigenvalue weighted by molar-refractivity contribution is 6.04. The fourth-order valence-electron chi connectivity index (χ4n) is 4.62. The molecule has 2 aliphatic heterocycles. The van der Waals surface area contributed by atoms with Crippen LogP contribution >= 0.6 is 0 Å². The Bertz CT molecular complexity index is 637. The standard InChI is InChI=1S/C19H29N5O/c1-3-15-18(25)22(2)16-13-20-19(23-11-7-4-8-12-23)21-17(16)24(15)14-9-5-6-10-14/h13-15H,3-12H2,1-2H3/t15-/m1/s1. The molecule has 0 aromatic carbocycles. The summed E-state index contributed by atoms with van der Waals surface area (Å²) in [6.07, 6.45) is 11.2. The van der Waals surface area contributed by atoms with Crippen LogP contribution in [0.3, 0.4) is 0 Å². The first kappa shape index (κ1) is 16.6. The van der Waals surface area contributed by atoms with Crippen LogP contribution in [0.25, 0.3) is 0 Å². The van der Waals surface area contributed by atoms with Crippen molar-refractivity contribution in [1.82, 2.24) is 9.97 Å². The van der Waals surface area contributed by atoms with Crippen molar-refractivity contribution in [3.05, 3.63) is 6.20 Å². The molecule has 0 unspecified atom stereocenters. The number of aromatic nitrogens is 2. The molecular weight excluding hydrogens is 314 g/mol. The van der Waals surface area contributed by atoms with Gasteiger partial charge in [0.15, 0.2) is 5.82 Å². The van der Waals surface area contributed by atoms with E-state index < -0.39 is 0 Å². The largest absolute Gasteiger partial charge is 0.341 e. The Morgan fingerprint density at radius 1 is 1.12 bits per heavy atom. The molecule has 25 heavy (non-hydrogen) atoms. The minimum absolute atomic E-state index is 0.0929. The first-order valence-electron chi connectivity index (χ1n) is 9.88. The lowest BCUT2D eigenvalue weighted by Crippen LogP contribution is -2.55. The molecule has 1 aromatic heterocycles. The number of piperidine rings is 1. The molecule has 6 nitrogen and oxygen atoms in total. The average molecular weight is 343 g/mol. The van der Waals surface area contributed by atoms with E-state index in [1.54, 1.807) is 4.90 Å². The Balaban J connectivity index is 1.75. The van der Waals surface area contributed by atoms with Crippen LogP contribution in [-0.4, -0.2) is 48.1 Å². The molecule has 3 heterocycles. The smallest absolute Gasteiger partial charge is 0.249 e. The van der Waals surface area contributed by atoms with Gasteiger partial charge in [0.25, 0.3) is 0 Å². The molecule has 1 aromatic rings. The van der Waals surface area contributed by atoms with Gasteiger partial charge in [0.05, 0.1) is 6.20 Å². The number of anilines is 3. The van der Waals surface area contributed by atoms with Gasteiger partial charge in [-0.25, -0.2) is 4.98 Å². The third kappa shape index (κ3) is 2.85. The second-order valence-electron chi connectivity index (χ2n) is 7.59. The first-order chi connectivity index (χ1) is 12.2. The summed E-state index contributed by atoms with van der Waals surface area (Å²) in [6.45, 7) is 4.18. The predicted molar refractivity (Wildman–Crippen MR) is 100 cm³/mol. The van der Waals surface area contributed by atoms with Crippen molar-refractivity contribution in [2.75, 3.05) is 34.8 Å². The number of hydrogen-bond acceptors (Lipinski definition) is 5. The van der Waals surface area contributed by atoms with Crippen LogP contribution in [0.1, 0.15) is 58.3 Å². The Hall–Kier alpha value is -1.85. The SMILES string of the molecule is CC[C@@H]1C(=O)N(C)c2cnc(N3CCCCC3)nc2N1C1CCCC1. The average Bonchev–Trinajstić information content (AvgIpc) is 3.19. The number of likely N-dealkylation sites (N-methyl/N-ethyl adjacent to an activating group) is 1. The molecule has 6 heteroatoms. The van der Waals surface area contributed by atoms with Crippen LogP contribution in [0.2, 0.25) is 0 Å². The molecule has 2 fully saturated rings. The van der Waals surface area contributed by atoms with Gasteiger partial charge >= 0.3 is 0 Å². The number of amides is 1. The van der Waals surface area contributed by atoms with Crippen molar-refractivity contribution in [2.24, 2.45) is 0 Å². The maximum atomic E-state index is 12.9. The predicted octanol–water partition coefficient (Wildman–Crippen LogP) is 2.97. The van der Waals surface area contributed by atoms with Crippen LogP contribution in [0.5, 0.6) is 0 Å². The summed E-state index contributed by atoms with van der Waals surface area (Å²) in [5.74, 6) is 1.98. The molecule has 1 amide bonds. The van der Waals surface area contributed by atoms with Gasteiger partial charge in [-0.1, -0.05) is 19.8 Å². The molecule has 0 N–H and O–H groups in total. The molecule has 1 saturated heterocycles. The van der Waals surface area contributed by atoms with Crippen molar-refractivity contribution in [3.63, 3.8) is 0 Å². The zero-order chi connectivity index (χ0) is 17.4. The van der Waals surface area contributed by atoms with E-state index in [0.29, 0.717) is 6.04 Å². The fourth-order valence-corrected chi connectivity index (χ4v) is 4.62. The lowest BCUT2D eigenvalue weighted by Gasteiger charge is -2.43. The highest BCUT2D eigenvalue weighted by atomic mass is 16.2. The normalized spacial score (nSPS) is 24.8. The van der Waals surface area contributed by atoms with Gasteiger partial charge in [0.2, 0.25) is 11.9 Å². The zero-order valence-electron chi connectivity index (χ0n) is 15.4. The highest BCUT2D eigenvalue weighted by Crippen LogP contribution is 2.40. The van der Waals surface area contributed by atoms with E-state index in [4.69, 9.17) is 4.98 Å². The van der Waals surface area contributed by atoms with E-state index in [0.717, 1.165) is 49.8 Å². The Labute approximate surface area is 150 Å². The van der Waals surface area contributed by atoms with Crippen LogP contribution in [0.15, 0.2) is 6.20 Å². The quantitative estimate of drug-likeness (QED) is 0.844. The molecular formula is C19H29N5O. The van der Waals surface area contributed by atoms with E-state index >= 15 is 0 Å². The monoisotopic (exact) mass is 343 g/mol. The first-order valence-corrected chi connectivity index (χ1v) is 9.88. The number of rotatable bonds is 3. The lowest BCUT2D eigenvalue weighted by atomic mass is 10.0. The number of carbonyl (C=O) groups is 1. The third-order valence-electron chi connectivity index (χ3n) is 6.04. The lowest BCUT2D eigenvalue weighted by molar-refractivity contribution is -0.120. The topological polar surface area (TPSA) is 52.6 Å². The van der Waals surface area contributed by atoms with Gasteiger partial charge in [0.1, 0.15) is 11.7 Å². The molecule has 1 saturated carbocycles. The summed E-state index contributed by atoms with van der Waals surface area (Å²) in [7, 11) is 1.86. The summed E-state index contributed by atoms with van der Waals surface area (Å²) in [6, 6.07) is 0.343. The van der Waals surface area contributed by atoms with E-state index in [9.17, 15) is 4.79 Å². The molecule has 4 rings (SSSR count). The Morgan fingerprint density at radius 3 is 2.52 bits per heavy atom. The molecule has 0 spiro atoms. The van der Waals surface area contributed by atoms with Gasteiger partial charge < -0.3 is 14.7 Å². The van der Waals surface area contributed by atoms with Crippen LogP contribution in [-0.2, 0) is 4.79 Å². The van der Waals surface area contributed by atoms with Crippen molar-refractivity contribution in [3.8, 4) is 0 Å². The van der Waals surface area contributed by atoms with Crippen molar-refractivity contribution in [2.45, 2.75) is 70.4 Å². The number of nitrogens with zero attached hydrogens (tertiary/aromatic N) is 5. The third-order valence-corrected chi connectivity index (χ3v) is 6.04. The summed E-state index contributed by atoms with van der Waals surface area (Å²) in [5.41, 5.74) is 0.863. The van der Waals surface area contributed by atoms with Crippen LogP contribution in [0.4, 0.5) is 17.5 Å². The minimum atomic E-state index is -0.0929. The Kier molecular flexibility index (Phi) is 4.52. The molecule has 3 aliphatic rings. The molecule has 136 valence electrons. The summed E-state index contributed by atoms with van der Waals surface area (Å²) in [5, 5.41) is 0. The number of fused-ring (bicyclic) bond motifs is 1. The van der Waals surface area contributed by atoms with Gasteiger partial charge in [-0.3, -0.25) is 4.79 Å². The second kappa shape index (κ2) is 6.81. The van der Waals surface area contributed by atoms with Crippen molar-refractivity contribution < 1.29 is 4.79 Å². The van der Waals surface area contributed by atoms with Crippen LogP contribution < -0.4 is 14.7 Å². The summed E-state index contributed by atoms with van der Waals surface area (Å²) >= 11 is 0. The minimum Gasteiger partial charge on any atom is -0.341 e. The van der Waals surface area contributed by atoms with Gasteiger partial charge in [-0.15, -0.1) is 0 Å². The highest BCUT2D eigenvalue weighted by Gasteiger charge is 2.41. The number of hydrogen-bond donors (Lipinski definition) is 0. The molecule has 1 aliphatic carbocycles. The molecule has 1 atom stereocenters. The van der Waals surface area contributed by atoms with Crippen LogP contribution in [0, 0.1) is 0 Å².